The van der Waals surface area contributed by atoms with Gasteiger partial charge in [-0.2, -0.15) is 5.10 Å². The number of hydrogen-bond acceptors (Lipinski definition) is 6. The number of aryl methyl sites for hydroxylation is 1. The van der Waals surface area contributed by atoms with Crippen molar-refractivity contribution >= 4 is 39.3 Å². The van der Waals surface area contributed by atoms with Gasteiger partial charge in [0.15, 0.2) is 17.7 Å². The molecule has 2 aromatic heterocycles. The number of allylic oxidation sites excluding steroid dienone is 1. The summed E-state index contributed by atoms with van der Waals surface area (Å²) in [4.78, 5) is 16.9. The van der Waals surface area contributed by atoms with Gasteiger partial charge in [-0.3, -0.25) is 4.79 Å². The summed E-state index contributed by atoms with van der Waals surface area (Å²) in [6.07, 6.45) is 5.12. The lowest BCUT2D eigenvalue weighted by atomic mass is 10.1. The van der Waals surface area contributed by atoms with Crippen LogP contribution in [-0.2, 0) is 9.47 Å². The monoisotopic (exact) mass is 461 g/mol. The molecule has 5 rings (SSSR count). The summed E-state index contributed by atoms with van der Waals surface area (Å²) in [5, 5.41) is 6.73. The van der Waals surface area contributed by atoms with Crippen LogP contribution in [0.5, 0.6) is 5.75 Å². The van der Waals surface area contributed by atoms with Gasteiger partial charge in [0.25, 0.3) is 0 Å². The highest BCUT2D eigenvalue weighted by Gasteiger charge is 2.26. The Labute approximate surface area is 194 Å². The van der Waals surface area contributed by atoms with E-state index in [4.69, 9.17) is 30.8 Å². The summed E-state index contributed by atoms with van der Waals surface area (Å²) in [5.41, 5.74) is 2.66. The predicted octanol–water partition coefficient (Wildman–Crippen LogP) is 5.38. The van der Waals surface area contributed by atoms with Gasteiger partial charge in [-0.1, -0.05) is 41.9 Å². The van der Waals surface area contributed by atoms with E-state index in [1.807, 2.05) is 49.4 Å². The number of rotatable bonds is 6. The van der Waals surface area contributed by atoms with Gasteiger partial charge in [0.2, 0.25) is 6.29 Å². The van der Waals surface area contributed by atoms with Crippen LogP contribution in [0.4, 0.5) is 0 Å². The lowest BCUT2D eigenvalue weighted by Gasteiger charge is -2.14. The minimum atomic E-state index is -0.658. The quantitative estimate of drug-likeness (QED) is 0.166. The van der Waals surface area contributed by atoms with E-state index in [9.17, 15) is 4.79 Å². The third-order valence-electron chi connectivity index (χ3n) is 5.38. The second kappa shape index (κ2) is 8.69. The molecule has 1 aliphatic rings. The molecule has 0 fully saturated rings. The SMILES string of the molecule is COc1ccc2nc3c(c(C)nn3[C@H]3C=C[C@@H](O/C=C/C(=O)c4ccccc4)O3)c(Cl)c2c1. The van der Waals surface area contributed by atoms with Crippen LogP contribution in [0.2, 0.25) is 5.02 Å². The first-order valence-electron chi connectivity index (χ1n) is 10.3. The third kappa shape index (κ3) is 3.97. The maximum absolute atomic E-state index is 12.2. The third-order valence-corrected chi connectivity index (χ3v) is 5.78. The lowest BCUT2D eigenvalue weighted by molar-refractivity contribution is -0.105. The van der Waals surface area contributed by atoms with Crippen LogP contribution in [0.3, 0.4) is 0 Å². The summed E-state index contributed by atoms with van der Waals surface area (Å²) >= 11 is 6.73. The highest BCUT2D eigenvalue weighted by molar-refractivity contribution is 6.40. The maximum Gasteiger partial charge on any atom is 0.221 e. The highest BCUT2D eigenvalue weighted by Crippen LogP contribution is 2.36. The maximum atomic E-state index is 12.2. The molecule has 0 N–H and O–H groups in total. The van der Waals surface area contributed by atoms with Crippen molar-refractivity contribution in [1.29, 1.82) is 0 Å². The molecule has 166 valence electrons. The van der Waals surface area contributed by atoms with E-state index in [1.54, 1.807) is 30.0 Å². The van der Waals surface area contributed by atoms with Gasteiger partial charge >= 0.3 is 0 Å². The Kier molecular flexibility index (Phi) is 5.58. The molecular weight excluding hydrogens is 442 g/mol. The molecule has 4 aromatic rings. The van der Waals surface area contributed by atoms with Gasteiger partial charge in [-0.25, -0.2) is 9.67 Å². The minimum absolute atomic E-state index is 0.148. The van der Waals surface area contributed by atoms with Crippen molar-refractivity contribution in [2.24, 2.45) is 0 Å². The number of halogens is 1. The van der Waals surface area contributed by atoms with Gasteiger partial charge < -0.3 is 14.2 Å². The van der Waals surface area contributed by atoms with Gasteiger partial charge in [-0.05, 0) is 37.3 Å². The van der Waals surface area contributed by atoms with Gasteiger partial charge in [0.05, 0.1) is 35.0 Å². The fraction of sp³-hybridized carbons (Fsp3) is 0.160. The first-order valence-corrected chi connectivity index (χ1v) is 10.7. The number of methoxy groups -OCH3 is 1. The Morgan fingerprint density at radius 1 is 1.18 bits per heavy atom. The average molecular weight is 462 g/mol. The first kappa shape index (κ1) is 21.2. The summed E-state index contributed by atoms with van der Waals surface area (Å²) < 4.78 is 18.5. The van der Waals surface area contributed by atoms with E-state index in [1.165, 1.54) is 12.3 Å². The highest BCUT2D eigenvalue weighted by atomic mass is 35.5. The van der Waals surface area contributed by atoms with E-state index in [0.717, 1.165) is 22.0 Å². The molecule has 2 aromatic carbocycles. The molecule has 33 heavy (non-hydrogen) atoms. The van der Waals surface area contributed by atoms with Crippen LogP contribution in [0.1, 0.15) is 22.3 Å². The Morgan fingerprint density at radius 3 is 2.79 bits per heavy atom. The van der Waals surface area contributed by atoms with Crippen molar-refractivity contribution in [1.82, 2.24) is 14.8 Å². The summed E-state index contributed by atoms with van der Waals surface area (Å²) in [6, 6.07) is 14.5. The molecule has 0 amide bonds. The second-order valence-electron chi connectivity index (χ2n) is 7.49. The van der Waals surface area contributed by atoms with Crippen LogP contribution in [0, 0.1) is 6.92 Å². The van der Waals surface area contributed by atoms with Crippen LogP contribution >= 0.6 is 11.6 Å². The number of carbonyl (C=O) groups excluding carboxylic acids is 1. The largest absolute Gasteiger partial charge is 0.497 e. The van der Waals surface area contributed by atoms with Crippen molar-refractivity contribution in [2.75, 3.05) is 7.11 Å². The van der Waals surface area contributed by atoms with Crippen molar-refractivity contribution in [3.63, 3.8) is 0 Å². The first-order chi connectivity index (χ1) is 16.0. The molecule has 0 aliphatic carbocycles. The van der Waals surface area contributed by atoms with E-state index in [0.29, 0.717) is 22.0 Å². The molecular formula is C25H20ClN3O4. The average Bonchev–Trinajstić information content (AvgIpc) is 3.44. The van der Waals surface area contributed by atoms with Gasteiger partial charge in [0.1, 0.15) is 5.75 Å². The number of nitrogens with zero attached hydrogens (tertiary/aromatic N) is 3. The van der Waals surface area contributed by atoms with Crippen molar-refractivity contribution < 1.29 is 19.0 Å². The molecule has 0 saturated heterocycles. The second-order valence-corrected chi connectivity index (χ2v) is 7.86. The Morgan fingerprint density at radius 2 is 2.00 bits per heavy atom. The molecule has 0 bridgehead atoms. The topological polar surface area (TPSA) is 75.5 Å². The number of ether oxygens (including phenoxy) is 3. The van der Waals surface area contributed by atoms with E-state index >= 15 is 0 Å². The zero-order valence-corrected chi connectivity index (χ0v) is 18.7. The molecule has 0 saturated carbocycles. The molecule has 0 unspecified atom stereocenters. The van der Waals surface area contributed by atoms with Crippen molar-refractivity contribution in [3.05, 3.63) is 89.3 Å². The number of benzene rings is 2. The van der Waals surface area contributed by atoms with Crippen LogP contribution in [-0.4, -0.2) is 33.9 Å². The molecule has 0 spiro atoms. The van der Waals surface area contributed by atoms with Gasteiger partial charge in [0, 0.05) is 17.0 Å². The molecule has 3 heterocycles. The van der Waals surface area contributed by atoms with Crippen LogP contribution < -0.4 is 4.74 Å². The normalized spacial score (nSPS) is 17.9. The zero-order chi connectivity index (χ0) is 22.9. The van der Waals surface area contributed by atoms with Crippen LogP contribution in [0.25, 0.3) is 21.9 Å². The standard InChI is InChI=1S/C25H20ClN3O4/c1-15-23-24(26)18-14-17(31-2)8-9-19(18)27-25(23)29(28-15)21-10-11-22(33-21)32-13-12-20(30)16-6-4-3-5-7-16/h3-14,21-22H,1-2H3/b13-12+/t21-,22+/m1/s1. The summed E-state index contributed by atoms with van der Waals surface area (Å²) in [6.45, 7) is 1.88. The zero-order valence-electron chi connectivity index (χ0n) is 17.9. The number of carbonyl (C=O) groups is 1. The van der Waals surface area contributed by atoms with Crippen molar-refractivity contribution in [2.45, 2.75) is 19.4 Å². The minimum Gasteiger partial charge on any atom is -0.497 e. The van der Waals surface area contributed by atoms with E-state index in [2.05, 4.69) is 5.10 Å². The molecule has 7 nitrogen and oxygen atoms in total. The summed E-state index contributed by atoms with van der Waals surface area (Å²) in [5.74, 6) is 0.557. The smallest absolute Gasteiger partial charge is 0.221 e. The Hall–Kier alpha value is -3.68. The lowest BCUT2D eigenvalue weighted by Crippen LogP contribution is -2.15. The number of fused-ring (bicyclic) bond motifs is 2. The summed E-state index contributed by atoms with van der Waals surface area (Å²) in [7, 11) is 1.61. The number of ketones is 1. The Balaban J connectivity index is 1.36. The fourth-order valence-electron chi connectivity index (χ4n) is 3.75. The number of aromatic nitrogens is 3. The van der Waals surface area contributed by atoms with E-state index in [-0.39, 0.29) is 5.78 Å². The number of pyridine rings is 1. The Bertz CT molecular complexity index is 1410. The fourth-order valence-corrected chi connectivity index (χ4v) is 4.12. The number of hydrogen-bond donors (Lipinski definition) is 0. The molecule has 2 atom stereocenters. The van der Waals surface area contributed by atoms with Crippen molar-refractivity contribution in [3.8, 4) is 5.75 Å². The molecule has 1 aliphatic heterocycles. The van der Waals surface area contributed by atoms with E-state index < -0.39 is 12.5 Å². The van der Waals surface area contributed by atoms with Crippen LogP contribution in [0.15, 0.2) is 73.0 Å². The molecule has 8 heteroatoms. The van der Waals surface area contributed by atoms with Gasteiger partial charge in [-0.15, -0.1) is 0 Å². The predicted molar refractivity (Wildman–Crippen MR) is 125 cm³/mol. The molecule has 0 radical (unpaired) electrons.